The molecule has 0 heterocycles. The maximum absolute atomic E-state index is 12.9. The van der Waals surface area contributed by atoms with Gasteiger partial charge in [0.2, 0.25) is 11.7 Å². The van der Waals surface area contributed by atoms with Crippen LogP contribution in [0, 0.1) is 6.92 Å². The Morgan fingerprint density at radius 3 is 1.95 bits per heavy atom. The molecule has 9 heteroatoms. The normalized spacial score (nSPS) is 10.9. The zero-order valence-corrected chi connectivity index (χ0v) is 22.6. The molecule has 4 rings (SSSR count). The number of nitrogens with one attached hydrogen (secondary N) is 2. The van der Waals surface area contributed by atoms with Gasteiger partial charge >= 0.3 is 0 Å². The van der Waals surface area contributed by atoms with E-state index in [1.807, 2.05) is 49.4 Å². The van der Waals surface area contributed by atoms with Crippen molar-refractivity contribution in [3.05, 3.63) is 102 Å². The summed E-state index contributed by atoms with van der Waals surface area (Å²) >= 11 is 0. The number of nitrogens with zero attached hydrogens (tertiary/aromatic N) is 1. The van der Waals surface area contributed by atoms with E-state index in [2.05, 4.69) is 15.6 Å². The number of carbonyl (C=O) groups is 2. The van der Waals surface area contributed by atoms with Gasteiger partial charge in [0.15, 0.2) is 11.5 Å². The Labute approximate surface area is 232 Å². The van der Waals surface area contributed by atoms with Crippen LogP contribution in [0.25, 0.3) is 11.1 Å². The number of aryl methyl sites for hydroxylation is 1. The summed E-state index contributed by atoms with van der Waals surface area (Å²) in [5.74, 6) is 0.126. The molecule has 0 atom stereocenters. The number of nitrogens with two attached hydrogens (primary N) is 1. The van der Waals surface area contributed by atoms with Crippen LogP contribution in [-0.2, 0) is 0 Å². The highest BCUT2D eigenvalue weighted by Crippen LogP contribution is 2.38. The summed E-state index contributed by atoms with van der Waals surface area (Å²) in [5, 5.41) is 5.48. The minimum absolute atomic E-state index is 0.128. The second-order valence-electron chi connectivity index (χ2n) is 8.76. The molecule has 0 aliphatic heterocycles. The zero-order valence-electron chi connectivity index (χ0n) is 22.6. The fourth-order valence-corrected chi connectivity index (χ4v) is 4.02. The van der Waals surface area contributed by atoms with Crippen LogP contribution in [0.3, 0.4) is 0 Å². The summed E-state index contributed by atoms with van der Waals surface area (Å²) in [5.41, 5.74) is 10.7. The van der Waals surface area contributed by atoms with Crippen molar-refractivity contribution in [2.75, 3.05) is 26.6 Å². The van der Waals surface area contributed by atoms with Crippen LogP contribution >= 0.6 is 0 Å². The molecule has 2 amide bonds. The highest BCUT2D eigenvalue weighted by atomic mass is 16.5. The molecule has 0 bridgehead atoms. The molecule has 0 saturated heterocycles. The van der Waals surface area contributed by atoms with Gasteiger partial charge in [-0.3, -0.25) is 14.9 Å². The van der Waals surface area contributed by atoms with Crippen LogP contribution in [0.2, 0.25) is 0 Å². The number of ether oxygens (including phenoxy) is 3. The smallest absolute Gasteiger partial charge is 0.258 e. The first-order chi connectivity index (χ1) is 19.3. The Hall–Kier alpha value is -5.31. The van der Waals surface area contributed by atoms with E-state index in [4.69, 9.17) is 19.9 Å². The standard InChI is InChI=1S/C31H30N4O5/c1-19-10-15-24(33-31(32)35-30(37)23-16-26(38-2)28(40-4)27(17-23)39-3)18-25(19)34-29(36)22-13-11-21(12-14-22)20-8-6-5-7-9-20/h5-18H,1-4H3,(H,34,36)(H3,32,33,35,37). The first kappa shape index (κ1) is 27.7. The van der Waals surface area contributed by atoms with Crippen molar-refractivity contribution < 1.29 is 23.8 Å². The second-order valence-corrected chi connectivity index (χ2v) is 8.76. The number of hydrogen-bond acceptors (Lipinski definition) is 6. The van der Waals surface area contributed by atoms with E-state index in [0.29, 0.717) is 34.2 Å². The van der Waals surface area contributed by atoms with Gasteiger partial charge in [0.05, 0.1) is 27.0 Å². The molecule has 204 valence electrons. The molecular formula is C31H30N4O5. The number of guanidine groups is 1. The average Bonchev–Trinajstić information content (AvgIpc) is 2.98. The lowest BCUT2D eigenvalue weighted by Crippen LogP contribution is -2.36. The lowest BCUT2D eigenvalue weighted by Gasteiger charge is -2.14. The molecule has 0 spiro atoms. The topological polar surface area (TPSA) is 124 Å². The molecule has 0 fully saturated rings. The number of carbonyl (C=O) groups excluding carboxylic acids is 2. The van der Waals surface area contributed by atoms with E-state index < -0.39 is 5.91 Å². The molecule has 0 saturated carbocycles. The first-order valence-corrected chi connectivity index (χ1v) is 12.4. The SMILES string of the molecule is COc1cc(C(=O)NC(N)=Nc2ccc(C)c(NC(=O)c3ccc(-c4ccccc4)cc3)c2)cc(OC)c1OC. The lowest BCUT2D eigenvalue weighted by molar-refractivity contribution is 0.0974. The number of anilines is 1. The number of hydrogen-bond donors (Lipinski definition) is 3. The maximum atomic E-state index is 12.9. The Morgan fingerprint density at radius 2 is 1.35 bits per heavy atom. The Balaban J connectivity index is 1.47. The summed E-state index contributed by atoms with van der Waals surface area (Å²) in [6.07, 6.45) is 0. The quantitative estimate of drug-likeness (QED) is 0.206. The first-order valence-electron chi connectivity index (χ1n) is 12.4. The van der Waals surface area contributed by atoms with Crippen molar-refractivity contribution in [3.63, 3.8) is 0 Å². The fourth-order valence-electron chi connectivity index (χ4n) is 4.02. The monoisotopic (exact) mass is 538 g/mol. The third-order valence-corrected chi connectivity index (χ3v) is 6.14. The molecule has 0 unspecified atom stereocenters. The van der Waals surface area contributed by atoms with Gasteiger partial charge in [0, 0.05) is 16.8 Å². The van der Waals surface area contributed by atoms with E-state index in [1.54, 1.807) is 30.3 Å². The molecule has 0 radical (unpaired) electrons. The van der Waals surface area contributed by atoms with Gasteiger partial charge in [-0.15, -0.1) is 0 Å². The van der Waals surface area contributed by atoms with Crippen LogP contribution in [0.4, 0.5) is 11.4 Å². The summed E-state index contributed by atoms with van der Waals surface area (Å²) in [6.45, 7) is 1.87. The Kier molecular flexibility index (Phi) is 8.65. The van der Waals surface area contributed by atoms with Crippen molar-refractivity contribution in [3.8, 4) is 28.4 Å². The third kappa shape index (κ3) is 6.39. The number of benzene rings is 4. The van der Waals surface area contributed by atoms with Crippen molar-refractivity contribution >= 4 is 29.1 Å². The van der Waals surface area contributed by atoms with Gasteiger partial charge in [-0.2, -0.15) is 0 Å². The van der Waals surface area contributed by atoms with Crippen molar-refractivity contribution in [1.29, 1.82) is 0 Å². The predicted molar refractivity (Wildman–Crippen MR) is 156 cm³/mol. The fraction of sp³-hybridized carbons (Fsp3) is 0.129. The van der Waals surface area contributed by atoms with Crippen LogP contribution in [0.5, 0.6) is 17.2 Å². The predicted octanol–water partition coefficient (Wildman–Crippen LogP) is 5.32. The van der Waals surface area contributed by atoms with E-state index in [1.165, 1.54) is 33.5 Å². The van der Waals surface area contributed by atoms with E-state index in [9.17, 15) is 9.59 Å². The van der Waals surface area contributed by atoms with Crippen LogP contribution in [0.1, 0.15) is 26.3 Å². The molecule has 40 heavy (non-hydrogen) atoms. The number of aliphatic imine (C=N–C) groups is 1. The second kappa shape index (κ2) is 12.5. The number of rotatable bonds is 8. The van der Waals surface area contributed by atoms with Gasteiger partial charge in [-0.05, 0) is 60.0 Å². The van der Waals surface area contributed by atoms with Gasteiger partial charge in [-0.1, -0.05) is 48.5 Å². The minimum atomic E-state index is -0.514. The highest BCUT2D eigenvalue weighted by molar-refractivity contribution is 6.07. The van der Waals surface area contributed by atoms with Crippen molar-refractivity contribution in [2.24, 2.45) is 10.7 Å². The largest absolute Gasteiger partial charge is 0.493 e. The third-order valence-electron chi connectivity index (χ3n) is 6.14. The van der Waals surface area contributed by atoms with Crippen LogP contribution in [-0.4, -0.2) is 39.1 Å². The Bertz CT molecular complexity index is 1530. The zero-order chi connectivity index (χ0) is 28.6. The molecule has 0 aliphatic rings. The van der Waals surface area contributed by atoms with Crippen LogP contribution in [0.15, 0.2) is 89.9 Å². The van der Waals surface area contributed by atoms with Crippen molar-refractivity contribution in [2.45, 2.75) is 6.92 Å². The number of methoxy groups -OCH3 is 3. The van der Waals surface area contributed by atoms with E-state index in [-0.39, 0.29) is 17.4 Å². The van der Waals surface area contributed by atoms with Gasteiger partial charge in [0.25, 0.3) is 11.8 Å². The van der Waals surface area contributed by atoms with Gasteiger partial charge in [-0.25, -0.2) is 4.99 Å². The molecule has 4 aromatic rings. The van der Waals surface area contributed by atoms with Gasteiger partial charge in [0.1, 0.15) is 0 Å². The molecule has 0 aliphatic carbocycles. The molecule has 4 aromatic carbocycles. The van der Waals surface area contributed by atoms with Crippen LogP contribution < -0.4 is 30.6 Å². The molecule has 0 aromatic heterocycles. The summed E-state index contributed by atoms with van der Waals surface area (Å²) in [7, 11) is 4.40. The summed E-state index contributed by atoms with van der Waals surface area (Å²) in [6, 6.07) is 25.6. The lowest BCUT2D eigenvalue weighted by atomic mass is 10.0. The summed E-state index contributed by atoms with van der Waals surface area (Å²) in [4.78, 5) is 30.1. The van der Waals surface area contributed by atoms with Gasteiger partial charge < -0.3 is 25.3 Å². The number of amides is 2. The molecule has 9 nitrogen and oxygen atoms in total. The van der Waals surface area contributed by atoms with E-state index in [0.717, 1.165) is 16.7 Å². The molecule has 4 N–H and O–H groups in total. The summed E-state index contributed by atoms with van der Waals surface area (Å²) < 4.78 is 15.9. The molecular weight excluding hydrogens is 508 g/mol. The highest BCUT2D eigenvalue weighted by Gasteiger charge is 2.17. The maximum Gasteiger partial charge on any atom is 0.258 e. The minimum Gasteiger partial charge on any atom is -0.493 e. The van der Waals surface area contributed by atoms with Crippen molar-refractivity contribution in [1.82, 2.24) is 5.32 Å². The van der Waals surface area contributed by atoms with E-state index >= 15 is 0 Å². The average molecular weight is 539 g/mol. The Morgan fingerprint density at radius 1 is 0.725 bits per heavy atom.